The number of hydrogen-bond donors (Lipinski definition) is 1. The summed E-state index contributed by atoms with van der Waals surface area (Å²) in [5, 5.41) is 0. The Labute approximate surface area is 132 Å². The van der Waals surface area contributed by atoms with Gasteiger partial charge in [0.2, 0.25) is 10.0 Å². The van der Waals surface area contributed by atoms with E-state index in [-0.39, 0.29) is 4.90 Å². The van der Waals surface area contributed by atoms with Gasteiger partial charge in [-0.25, -0.2) is 13.1 Å². The van der Waals surface area contributed by atoms with Crippen LogP contribution in [0.4, 0.5) is 0 Å². The Balaban J connectivity index is 2.59. The molecule has 0 bridgehead atoms. The van der Waals surface area contributed by atoms with Crippen LogP contribution in [0, 0.1) is 5.92 Å². The molecule has 1 aromatic rings. The smallest absolute Gasteiger partial charge is 0.211 e. The highest BCUT2D eigenvalue weighted by Crippen LogP contribution is 2.25. The van der Waals surface area contributed by atoms with E-state index in [9.17, 15) is 8.42 Å². The van der Waals surface area contributed by atoms with E-state index in [2.05, 4.69) is 50.4 Å². The summed E-state index contributed by atoms with van der Waals surface area (Å²) in [6.07, 6.45) is 3.03. The summed E-state index contributed by atoms with van der Waals surface area (Å²) >= 11 is 6.55. The van der Waals surface area contributed by atoms with Gasteiger partial charge in [0.05, 0.1) is 4.90 Å². The van der Waals surface area contributed by atoms with Crippen molar-refractivity contribution in [3.05, 3.63) is 27.1 Å². The average Bonchev–Trinajstić information content (AvgIpc) is 2.31. The zero-order chi connectivity index (χ0) is 14.5. The summed E-state index contributed by atoms with van der Waals surface area (Å²) in [6, 6.07) is 5.11. The summed E-state index contributed by atoms with van der Waals surface area (Å²) in [5.74, 6) is 0.663. The molecule has 6 heteroatoms. The molecule has 0 fully saturated rings. The molecule has 0 aromatic heterocycles. The summed E-state index contributed by atoms with van der Waals surface area (Å²) in [5.41, 5.74) is 0. The number of sulfonamides is 1. The number of hydrogen-bond acceptors (Lipinski definition) is 2. The number of rotatable bonds is 7. The van der Waals surface area contributed by atoms with E-state index < -0.39 is 10.0 Å². The fourth-order valence-corrected chi connectivity index (χ4v) is 4.22. The first-order chi connectivity index (χ1) is 8.83. The Morgan fingerprint density at radius 1 is 1.21 bits per heavy atom. The van der Waals surface area contributed by atoms with Gasteiger partial charge in [0.25, 0.3) is 0 Å². The largest absolute Gasteiger partial charge is 0.241 e. The van der Waals surface area contributed by atoms with Gasteiger partial charge < -0.3 is 0 Å². The van der Waals surface area contributed by atoms with E-state index in [4.69, 9.17) is 0 Å². The van der Waals surface area contributed by atoms with Crippen molar-refractivity contribution in [1.82, 2.24) is 4.72 Å². The van der Waals surface area contributed by atoms with Crippen LogP contribution >= 0.6 is 31.9 Å². The topological polar surface area (TPSA) is 46.2 Å². The van der Waals surface area contributed by atoms with Crippen LogP contribution in [0.1, 0.15) is 33.1 Å². The minimum absolute atomic E-state index is 0.269. The van der Waals surface area contributed by atoms with Crippen molar-refractivity contribution < 1.29 is 8.42 Å². The predicted molar refractivity (Wildman–Crippen MR) is 85.7 cm³/mol. The molecule has 108 valence electrons. The summed E-state index contributed by atoms with van der Waals surface area (Å²) < 4.78 is 28.2. The fourth-order valence-electron chi connectivity index (χ4n) is 1.65. The second-order valence-corrected chi connectivity index (χ2v) is 8.37. The van der Waals surface area contributed by atoms with Crippen LogP contribution in [-0.4, -0.2) is 15.0 Å². The third-order valence-corrected chi connectivity index (χ3v) is 5.63. The van der Waals surface area contributed by atoms with Gasteiger partial charge in [-0.2, -0.15) is 0 Å². The van der Waals surface area contributed by atoms with Crippen LogP contribution in [0.15, 0.2) is 32.0 Å². The summed E-state index contributed by atoms with van der Waals surface area (Å²) in [6.45, 7) is 4.82. The van der Waals surface area contributed by atoms with E-state index >= 15 is 0 Å². The van der Waals surface area contributed by atoms with E-state index in [1.54, 1.807) is 18.2 Å². The Morgan fingerprint density at radius 2 is 1.89 bits per heavy atom. The zero-order valence-electron chi connectivity index (χ0n) is 11.1. The molecule has 1 rings (SSSR count). The van der Waals surface area contributed by atoms with Gasteiger partial charge in [-0.05, 0) is 46.5 Å². The van der Waals surface area contributed by atoms with Crippen LogP contribution in [0.5, 0.6) is 0 Å². The third kappa shape index (κ3) is 5.94. The van der Waals surface area contributed by atoms with Crippen molar-refractivity contribution >= 4 is 41.9 Å². The highest BCUT2D eigenvalue weighted by atomic mass is 79.9. The average molecular weight is 413 g/mol. The maximum Gasteiger partial charge on any atom is 0.241 e. The Morgan fingerprint density at radius 3 is 2.53 bits per heavy atom. The van der Waals surface area contributed by atoms with Crippen molar-refractivity contribution in [1.29, 1.82) is 0 Å². The monoisotopic (exact) mass is 411 g/mol. The van der Waals surface area contributed by atoms with Crippen LogP contribution < -0.4 is 4.72 Å². The molecular weight excluding hydrogens is 394 g/mol. The maximum atomic E-state index is 12.1. The Hall–Kier alpha value is 0.0900. The second kappa shape index (κ2) is 7.76. The molecule has 19 heavy (non-hydrogen) atoms. The molecule has 0 spiro atoms. The standard InChI is InChI=1S/C13H19Br2NO2S/c1-10(2)5-3-4-8-16-19(17,18)13-9-11(14)6-7-12(13)15/h6-7,9-10,16H,3-5,8H2,1-2H3. The third-order valence-electron chi connectivity index (χ3n) is 2.68. The van der Waals surface area contributed by atoms with Crippen LogP contribution in [0.25, 0.3) is 0 Å². The molecule has 0 unspecified atom stereocenters. The molecule has 0 radical (unpaired) electrons. The van der Waals surface area contributed by atoms with Gasteiger partial charge >= 0.3 is 0 Å². The van der Waals surface area contributed by atoms with Gasteiger partial charge in [-0.3, -0.25) is 0 Å². The van der Waals surface area contributed by atoms with E-state index in [0.29, 0.717) is 16.9 Å². The van der Waals surface area contributed by atoms with Gasteiger partial charge in [-0.1, -0.05) is 42.6 Å². The van der Waals surface area contributed by atoms with Crippen LogP contribution in [-0.2, 0) is 10.0 Å². The lowest BCUT2D eigenvalue weighted by atomic mass is 10.1. The van der Waals surface area contributed by atoms with E-state index in [1.807, 2.05) is 0 Å². The van der Waals surface area contributed by atoms with Crippen molar-refractivity contribution in [3.8, 4) is 0 Å². The highest BCUT2D eigenvalue weighted by molar-refractivity contribution is 9.11. The van der Waals surface area contributed by atoms with Gasteiger partial charge in [-0.15, -0.1) is 0 Å². The number of benzene rings is 1. The molecule has 0 heterocycles. The van der Waals surface area contributed by atoms with Gasteiger partial charge in [0.15, 0.2) is 0 Å². The number of unbranched alkanes of at least 4 members (excludes halogenated alkanes) is 1. The highest BCUT2D eigenvalue weighted by Gasteiger charge is 2.17. The van der Waals surface area contributed by atoms with Crippen LogP contribution in [0.3, 0.4) is 0 Å². The summed E-state index contributed by atoms with van der Waals surface area (Å²) in [4.78, 5) is 0.269. The lowest BCUT2D eigenvalue weighted by Gasteiger charge is -2.09. The van der Waals surface area contributed by atoms with Gasteiger partial charge in [0, 0.05) is 15.5 Å². The minimum atomic E-state index is -3.44. The molecule has 0 aliphatic heterocycles. The van der Waals surface area contributed by atoms with Crippen molar-refractivity contribution in [2.24, 2.45) is 5.92 Å². The number of nitrogens with one attached hydrogen (secondary N) is 1. The minimum Gasteiger partial charge on any atom is -0.211 e. The first-order valence-corrected chi connectivity index (χ1v) is 9.34. The first kappa shape index (κ1) is 17.1. The van der Waals surface area contributed by atoms with Crippen molar-refractivity contribution in [3.63, 3.8) is 0 Å². The molecule has 0 saturated heterocycles. The van der Waals surface area contributed by atoms with E-state index in [0.717, 1.165) is 23.7 Å². The molecule has 0 aliphatic rings. The van der Waals surface area contributed by atoms with Crippen LogP contribution in [0.2, 0.25) is 0 Å². The predicted octanol–water partition coefficient (Wildman–Crippen LogP) is 4.32. The van der Waals surface area contributed by atoms with E-state index in [1.165, 1.54) is 0 Å². The molecule has 3 nitrogen and oxygen atoms in total. The Kier molecular flexibility index (Phi) is 7.00. The number of halogens is 2. The second-order valence-electron chi connectivity index (χ2n) is 4.86. The summed E-state index contributed by atoms with van der Waals surface area (Å²) in [7, 11) is -3.44. The van der Waals surface area contributed by atoms with Gasteiger partial charge in [0.1, 0.15) is 0 Å². The SMILES string of the molecule is CC(C)CCCCNS(=O)(=O)c1cc(Br)ccc1Br. The molecule has 0 atom stereocenters. The lowest BCUT2D eigenvalue weighted by molar-refractivity contribution is 0.530. The molecule has 1 N–H and O–H groups in total. The molecular formula is C13H19Br2NO2S. The maximum absolute atomic E-state index is 12.1. The quantitative estimate of drug-likeness (QED) is 0.678. The molecule has 0 amide bonds. The normalized spacial score (nSPS) is 12.1. The molecule has 0 saturated carbocycles. The Bertz CT molecular complexity index is 515. The van der Waals surface area contributed by atoms with Crippen molar-refractivity contribution in [2.45, 2.75) is 38.0 Å². The molecule has 0 aliphatic carbocycles. The fraction of sp³-hybridized carbons (Fsp3) is 0.538. The van der Waals surface area contributed by atoms with Crippen molar-refractivity contribution in [2.75, 3.05) is 6.54 Å². The first-order valence-electron chi connectivity index (χ1n) is 6.27. The zero-order valence-corrected chi connectivity index (χ0v) is 15.1. The molecule has 1 aromatic carbocycles. The lowest BCUT2D eigenvalue weighted by Crippen LogP contribution is -2.25.